The Labute approximate surface area is 150 Å². The van der Waals surface area contributed by atoms with Crippen LogP contribution in [0.1, 0.15) is 19.3 Å². The summed E-state index contributed by atoms with van der Waals surface area (Å²) >= 11 is 0. The molecule has 1 unspecified atom stereocenters. The zero-order chi connectivity index (χ0) is 21.2. The number of carbonyl (C=O) groups is 5. The zero-order valence-corrected chi connectivity index (χ0v) is 13.9. The number of aliphatic carboxylic acids is 2. The van der Waals surface area contributed by atoms with Crippen LogP contribution in [-0.4, -0.2) is 70.1 Å². The van der Waals surface area contributed by atoms with Crippen LogP contribution in [0.25, 0.3) is 0 Å². The second kappa shape index (κ2) is 10.9. The van der Waals surface area contributed by atoms with Crippen LogP contribution in [-0.2, 0) is 24.0 Å². The summed E-state index contributed by atoms with van der Waals surface area (Å²) < 4.78 is 31.7. The molecule has 152 valence electrons. The van der Waals surface area contributed by atoms with Gasteiger partial charge in [0.1, 0.15) is 6.04 Å². The molecule has 0 saturated carbocycles. The van der Waals surface area contributed by atoms with Crippen LogP contribution in [0, 0.1) is 0 Å². The van der Waals surface area contributed by atoms with Gasteiger partial charge < -0.3 is 21.3 Å². The summed E-state index contributed by atoms with van der Waals surface area (Å²) in [6.45, 7) is -0.0337. The average molecular weight is 397 g/mol. The molecule has 0 aromatic rings. The summed E-state index contributed by atoms with van der Waals surface area (Å²) in [5.74, 6) is -5.15. The number of rotatable bonds is 8. The number of imide groups is 1. The van der Waals surface area contributed by atoms with Gasteiger partial charge in [0.15, 0.2) is 0 Å². The second-order valence-electron chi connectivity index (χ2n) is 5.12. The fraction of sp³-hybridized carbons (Fsp3) is 0.500. The van der Waals surface area contributed by atoms with E-state index < -0.39 is 30.1 Å². The van der Waals surface area contributed by atoms with Crippen molar-refractivity contribution in [3.05, 3.63) is 12.2 Å². The zero-order valence-electron chi connectivity index (χ0n) is 13.9. The molecule has 1 aliphatic rings. The molecule has 27 heavy (non-hydrogen) atoms. The maximum Gasteiger partial charge on any atom is 0.490 e. The Morgan fingerprint density at radius 1 is 1.11 bits per heavy atom. The molecule has 10 nitrogen and oxygen atoms in total. The summed E-state index contributed by atoms with van der Waals surface area (Å²) in [7, 11) is 0. The first-order chi connectivity index (χ1) is 12.4. The van der Waals surface area contributed by atoms with E-state index >= 15 is 0 Å². The number of nitrogens with zero attached hydrogens (tertiary/aromatic N) is 1. The Kier molecular flexibility index (Phi) is 9.71. The van der Waals surface area contributed by atoms with Gasteiger partial charge in [-0.05, 0) is 19.3 Å². The van der Waals surface area contributed by atoms with E-state index in [4.69, 9.17) is 20.7 Å². The predicted octanol–water partition coefficient (Wildman–Crippen LogP) is -0.757. The average Bonchev–Trinajstić information content (AvgIpc) is 2.88. The highest BCUT2D eigenvalue weighted by Crippen LogP contribution is 2.13. The number of carboxylic acids is 2. The van der Waals surface area contributed by atoms with Gasteiger partial charge in [0, 0.05) is 18.7 Å². The van der Waals surface area contributed by atoms with Crippen LogP contribution in [0.5, 0.6) is 0 Å². The molecule has 1 heterocycles. The Morgan fingerprint density at radius 3 is 1.96 bits per heavy atom. The monoisotopic (exact) mass is 397 g/mol. The molecule has 5 N–H and O–H groups in total. The van der Waals surface area contributed by atoms with Crippen molar-refractivity contribution in [1.29, 1.82) is 0 Å². The van der Waals surface area contributed by atoms with Crippen LogP contribution in [0.3, 0.4) is 0 Å². The smallest absolute Gasteiger partial charge is 0.480 e. The topological polar surface area (TPSA) is 167 Å². The van der Waals surface area contributed by atoms with Gasteiger partial charge in [-0.3, -0.25) is 19.3 Å². The van der Waals surface area contributed by atoms with Crippen molar-refractivity contribution in [1.82, 2.24) is 10.2 Å². The summed E-state index contributed by atoms with van der Waals surface area (Å²) in [4.78, 5) is 54.5. The summed E-state index contributed by atoms with van der Waals surface area (Å²) in [5, 5.41) is 18.3. The largest absolute Gasteiger partial charge is 0.490 e. The highest BCUT2D eigenvalue weighted by Gasteiger charge is 2.38. The number of unbranched alkanes of at least 4 members (excludes halogenated alkanes) is 1. The molecule has 0 aromatic carbocycles. The lowest BCUT2D eigenvalue weighted by atomic mass is 10.1. The van der Waals surface area contributed by atoms with Crippen LogP contribution < -0.4 is 11.1 Å². The Hall–Kier alpha value is -2.96. The van der Waals surface area contributed by atoms with Crippen molar-refractivity contribution < 1.29 is 47.4 Å². The van der Waals surface area contributed by atoms with E-state index in [-0.39, 0.29) is 31.3 Å². The third kappa shape index (κ3) is 9.34. The maximum absolute atomic E-state index is 11.3. The number of amides is 3. The fourth-order valence-electron chi connectivity index (χ4n) is 1.78. The first-order valence-electron chi connectivity index (χ1n) is 7.46. The van der Waals surface area contributed by atoms with Crippen LogP contribution in [0.2, 0.25) is 0 Å². The molecule has 0 aliphatic carbocycles. The van der Waals surface area contributed by atoms with Gasteiger partial charge in [-0.2, -0.15) is 13.2 Å². The van der Waals surface area contributed by atoms with Crippen molar-refractivity contribution in [3.8, 4) is 0 Å². The van der Waals surface area contributed by atoms with E-state index in [1.54, 1.807) is 0 Å². The third-order valence-corrected chi connectivity index (χ3v) is 3.09. The number of hydrogen-bond donors (Lipinski definition) is 4. The number of nitrogens with one attached hydrogen (secondary N) is 1. The van der Waals surface area contributed by atoms with Crippen molar-refractivity contribution in [2.45, 2.75) is 31.5 Å². The van der Waals surface area contributed by atoms with E-state index in [9.17, 15) is 32.3 Å². The molecule has 1 aliphatic heterocycles. The first kappa shape index (κ1) is 24.0. The number of alkyl halides is 3. The van der Waals surface area contributed by atoms with Crippen LogP contribution in [0.4, 0.5) is 13.2 Å². The van der Waals surface area contributed by atoms with Crippen LogP contribution >= 0.6 is 0 Å². The van der Waals surface area contributed by atoms with E-state index in [1.807, 2.05) is 0 Å². The van der Waals surface area contributed by atoms with Gasteiger partial charge in [-0.15, -0.1) is 0 Å². The first-order valence-corrected chi connectivity index (χ1v) is 7.46. The molecule has 1 rings (SSSR count). The quantitative estimate of drug-likeness (QED) is 0.306. The van der Waals surface area contributed by atoms with Crippen molar-refractivity contribution >= 4 is 29.7 Å². The molecule has 13 heteroatoms. The van der Waals surface area contributed by atoms with Gasteiger partial charge in [0.25, 0.3) is 11.8 Å². The molecule has 0 spiro atoms. The summed E-state index contributed by atoms with van der Waals surface area (Å²) in [5.41, 5.74) is 5.10. The lowest BCUT2D eigenvalue weighted by Gasteiger charge is -2.16. The SMILES string of the molecule is NCC(=O)NC(CCCCN1C(=O)C=CC1=O)C(=O)O.O=C(O)C(F)(F)F. The molecule has 1 atom stereocenters. The lowest BCUT2D eigenvalue weighted by molar-refractivity contribution is -0.192. The molecule has 0 fully saturated rings. The minimum absolute atomic E-state index is 0.213. The Bertz CT molecular complexity index is 602. The minimum atomic E-state index is -5.08. The molecule has 0 radical (unpaired) electrons. The fourth-order valence-corrected chi connectivity index (χ4v) is 1.78. The summed E-state index contributed by atoms with van der Waals surface area (Å²) in [6.07, 6.45) is -1.54. The molecule has 3 amide bonds. The number of carboxylic acid groups (broad SMARTS) is 2. The number of hydrogen-bond acceptors (Lipinski definition) is 6. The number of carbonyl (C=O) groups excluding carboxylic acids is 3. The minimum Gasteiger partial charge on any atom is -0.480 e. The van der Waals surface area contributed by atoms with Crippen LogP contribution in [0.15, 0.2) is 12.2 Å². The van der Waals surface area contributed by atoms with Crippen molar-refractivity contribution in [2.75, 3.05) is 13.1 Å². The highest BCUT2D eigenvalue weighted by atomic mass is 19.4. The highest BCUT2D eigenvalue weighted by molar-refractivity contribution is 6.12. The molecule has 0 aromatic heterocycles. The number of halogens is 3. The van der Waals surface area contributed by atoms with Gasteiger partial charge in [0.2, 0.25) is 5.91 Å². The third-order valence-electron chi connectivity index (χ3n) is 3.09. The lowest BCUT2D eigenvalue weighted by Crippen LogP contribution is -2.43. The van der Waals surface area contributed by atoms with Gasteiger partial charge >= 0.3 is 18.1 Å². The molecule has 0 saturated heterocycles. The van der Waals surface area contributed by atoms with Crippen molar-refractivity contribution in [3.63, 3.8) is 0 Å². The molecule has 0 bridgehead atoms. The predicted molar refractivity (Wildman–Crippen MR) is 82.0 cm³/mol. The van der Waals surface area contributed by atoms with Gasteiger partial charge in [-0.25, -0.2) is 9.59 Å². The normalized spacial score (nSPS) is 14.4. The van der Waals surface area contributed by atoms with Gasteiger partial charge in [-0.1, -0.05) is 0 Å². The van der Waals surface area contributed by atoms with Crippen molar-refractivity contribution in [2.24, 2.45) is 5.73 Å². The van der Waals surface area contributed by atoms with Gasteiger partial charge in [0.05, 0.1) is 6.54 Å². The summed E-state index contributed by atoms with van der Waals surface area (Å²) in [6, 6.07) is -1.01. The van der Waals surface area contributed by atoms with E-state index in [2.05, 4.69) is 5.32 Å². The van der Waals surface area contributed by atoms with E-state index in [0.29, 0.717) is 12.8 Å². The Morgan fingerprint density at radius 2 is 1.59 bits per heavy atom. The molecular weight excluding hydrogens is 379 g/mol. The maximum atomic E-state index is 11.3. The standard InChI is InChI=1S/C12H17N3O5.C2HF3O2/c13-7-9(16)14-8(12(19)20)3-1-2-6-15-10(17)4-5-11(15)18;3-2(4,5)1(6)7/h4-5,8H,1-3,6-7,13H2,(H,14,16)(H,19,20);(H,6,7). The van der Waals surface area contributed by atoms with E-state index in [1.165, 1.54) is 12.2 Å². The Balaban J connectivity index is 0.000000821. The second-order valence-corrected chi connectivity index (χ2v) is 5.12. The number of nitrogens with two attached hydrogens (primary N) is 1. The van der Waals surface area contributed by atoms with E-state index in [0.717, 1.165) is 4.90 Å². The molecular formula is C14H18F3N3O7.